The first kappa shape index (κ1) is 13.3. The van der Waals surface area contributed by atoms with Crippen molar-refractivity contribution in [2.24, 2.45) is 7.05 Å². The second-order valence-electron chi connectivity index (χ2n) is 5.74. The van der Waals surface area contributed by atoms with Gasteiger partial charge in [0.15, 0.2) is 0 Å². The van der Waals surface area contributed by atoms with Gasteiger partial charge in [-0.3, -0.25) is 9.58 Å². The quantitative estimate of drug-likeness (QED) is 0.857. The van der Waals surface area contributed by atoms with E-state index in [-0.39, 0.29) is 5.82 Å². The van der Waals surface area contributed by atoms with E-state index in [0.717, 1.165) is 37.2 Å². The van der Waals surface area contributed by atoms with Crippen LogP contribution in [0.25, 0.3) is 0 Å². The van der Waals surface area contributed by atoms with E-state index in [1.54, 1.807) is 6.07 Å². The maximum Gasteiger partial charge on any atom is 0.123 e. The van der Waals surface area contributed by atoms with Gasteiger partial charge in [-0.25, -0.2) is 4.39 Å². The zero-order valence-electron chi connectivity index (χ0n) is 12.0. The highest BCUT2D eigenvalue weighted by Gasteiger charge is 2.25. The molecule has 1 aromatic heterocycles. The van der Waals surface area contributed by atoms with Crippen LogP contribution in [0.15, 0.2) is 30.6 Å². The van der Waals surface area contributed by atoms with Crippen LogP contribution in [0.1, 0.15) is 29.0 Å². The normalized spacial score (nSPS) is 19.6. The fraction of sp³-hybridized carbons (Fsp3) is 0.438. The van der Waals surface area contributed by atoms with Crippen LogP contribution in [-0.4, -0.2) is 27.8 Å². The third-order valence-electron chi connectivity index (χ3n) is 4.17. The summed E-state index contributed by atoms with van der Waals surface area (Å²) in [7, 11) is 1.95. The van der Waals surface area contributed by atoms with E-state index >= 15 is 0 Å². The smallest absolute Gasteiger partial charge is 0.123 e. The van der Waals surface area contributed by atoms with Gasteiger partial charge in [0.05, 0.1) is 6.20 Å². The maximum absolute atomic E-state index is 13.3. The highest BCUT2D eigenvalue weighted by atomic mass is 19.1. The molecule has 0 unspecified atom stereocenters. The molecule has 0 spiro atoms. The Balaban J connectivity index is 1.67. The summed E-state index contributed by atoms with van der Waals surface area (Å²) in [6, 6.07) is 5.05. The Bertz CT molecular complexity index is 606. The van der Waals surface area contributed by atoms with E-state index in [4.69, 9.17) is 0 Å². The number of benzene rings is 1. The molecule has 106 valence electrons. The molecule has 20 heavy (non-hydrogen) atoms. The van der Waals surface area contributed by atoms with Gasteiger partial charge in [0, 0.05) is 32.3 Å². The number of hydrogen-bond donors (Lipinski definition) is 0. The number of aromatic nitrogens is 2. The van der Waals surface area contributed by atoms with Crippen molar-refractivity contribution in [1.82, 2.24) is 14.7 Å². The van der Waals surface area contributed by atoms with Crippen molar-refractivity contribution in [3.8, 4) is 0 Å². The lowest BCUT2D eigenvalue weighted by atomic mass is 10.0. The minimum Gasteiger partial charge on any atom is -0.298 e. The molecular formula is C16H20FN3. The summed E-state index contributed by atoms with van der Waals surface area (Å²) < 4.78 is 15.2. The molecule has 3 nitrogen and oxygen atoms in total. The average Bonchev–Trinajstić information content (AvgIpc) is 3.03. The van der Waals surface area contributed by atoms with Gasteiger partial charge in [0.1, 0.15) is 5.82 Å². The standard InChI is InChI=1S/C16H20FN3/c1-12-3-4-16(17)7-14(12)11-20-6-5-13(10-20)15-8-18-19(2)9-15/h3-4,7-9,13H,5-6,10-11H2,1-2H3/t13-/m0/s1. The molecule has 0 radical (unpaired) electrons. The summed E-state index contributed by atoms with van der Waals surface area (Å²) in [5.41, 5.74) is 3.57. The maximum atomic E-state index is 13.3. The van der Waals surface area contributed by atoms with E-state index < -0.39 is 0 Å². The minimum atomic E-state index is -0.145. The van der Waals surface area contributed by atoms with Crippen molar-refractivity contribution in [2.45, 2.75) is 25.8 Å². The van der Waals surface area contributed by atoms with Crippen LogP contribution < -0.4 is 0 Å². The highest BCUT2D eigenvalue weighted by Crippen LogP contribution is 2.28. The summed E-state index contributed by atoms with van der Waals surface area (Å²) in [6.07, 6.45) is 5.21. The highest BCUT2D eigenvalue weighted by molar-refractivity contribution is 5.26. The van der Waals surface area contributed by atoms with Crippen molar-refractivity contribution in [3.63, 3.8) is 0 Å². The molecule has 1 aliphatic rings. The Morgan fingerprint density at radius 3 is 3.00 bits per heavy atom. The molecule has 1 aliphatic heterocycles. The molecule has 0 amide bonds. The zero-order valence-corrected chi connectivity index (χ0v) is 12.0. The number of halogens is 1. The summed E-state index contributed by atoms with van der Waals surface area (Å²) >= 11 is 0. The molecular weight excluding hydrogens is 253 g/mol. The van der Waals surface area contributed by atoms with Crippen LogP contribution in [0.5, 0.6) is 0 Å². The van der Waals surface area contributed by atoms with Crippen molar-refractivity contribution in [1.29, 1.82) is 0 Å². The van der Waals surface area contributed by atoms with Gasteiger partial charge in [-0.15, -0.1) is 0 Å². The molecule has 0 aliphatic carbocycles. The lowest BCUT2D eigenvalue weighted by molar-refractivity contribution is 0.325. The molecule has 1 saturated heterocycles. The van der Waals surface area contributed by atoms with Gasteiger partial charge in [-0.05, 0) is 48.7 Å². The van der Waals surface area contributed by atoms with Crippen LogP contribution in [0.4, 0.5) is 4.39 Å². The van der Waals surface area contributed by atoms with Gasteiger partial charge in [0.2, 0.25) is 0 Å². The van der Waals surface area contributed by atoms with E-state index in [1.807, 2.05) is 30.9 Å². The Labute approximate surface area is 119 Å². The lowest BCUT2D eigenvalue weighted by Crippen LogP contribution is -2.20. The lowest BCUT2D eigenvalue weighted by Gasteiger charge is -2.17. The molecule has 1 aromatic carbocycles. The first-order chi connectivity index (χ1) is 9.61. The van der Waals surface area contributed by atoms with Crippen LogP contribution in [-0.2, 0) is 13.6 Å². The third kappa shape index (κ3) is 2.75. The molecule has 2 aromatic rings. The zero-order chi connectivity index (χ0) is 14.1. The molecule has 4 heteroatoms. The van der Waals surface area contributed by atoms with E-state index in [0.29, 0.717) is 5.92 Å². The second kappa shape index (κ2) is 5.37. The molecule has 0 N–H and O–H groups in total. The Morgan fingerprint density at radius 1 is 1.40 bits per heavy atom. The Kier molecular flexibility index (Phi) is 3.57. The molecule has 3 rings (SSSR count). The van der Waals surface area contributed by atoms with Gasteiger partial charge >= 0.3 is 0 Å². The second-order valence-corrected chi connectivity index (χ2v) is 5.74. The van der Waals surface area contributed by atoms with Crippen molar-refractivity contribution >= 4 is 0 Å². The summed E-state index contributed by atoms with van der Waals surface area (Å²) in [6.45, 7) is 4.97. The summed E-state index contributed by atoms with van der Waals surface area (Å²) in [4.78, 5) is 2.40. The van der Waals surface area contributed by atoms with Gasteiger partial charge in [-0.2, -0.15) is 5.10 Å². The fourth-order valence-corrected chi connectivity index (χ4v) is 2.95. The van der Waals surface area contributed by atoms with Crippen LogP contribution in [0, 0.1) is 12.7 Å². The average molecular weight is 273 g/mol. The SMILES string of the molecule is Cc1ccc(F)cc1CN1CC[C@H](c2cnn(C)c2)C1. The molecule has 2 heterocycles. The van der Waals surface area contributed by atoms with Crippen LogP contribution in [0.3, 0.4) is 0 Å². The predicted octanol–water partition coefficient (Wildman–Crippen LogP) is 2.86. The summed E-state index contributed by atoms with van der Waals surface area (Å²) in [5, 5.41) is 4.24. The van der Waals surface area contributed by atoms with Crippen LogP contribution >= 0.6 is 0 Å². The number of rotatable bonds is 3. The monoisotopic (exact) mass is 273 g/mol. The first-order valence-corrected chi connectivity index (χ1v) is 7.08. The van der Waals surface area contributed by atoms with Gasteiger partial charge in [-0.1, -0.05) is 6.07 Å². The Hall–Kier alpha value is -1.68. The molecule has 1 atom stereocenters. The largest absolute Gasteiger partial charge is 0.298 e. The molecule has 1 fully saturated rings. The minimum absolute atomic E-state index is 0.145. The molecule has 0 saturated carbocycles. The summed E-state index contributed by atoms with van der Waals surface area (Å²) in [5.74, 6) is 0.408. The van der Waals surface area contributed by atoms with E-state index in [2.05, 4.69) is 16.2 Å². The van der Waals surface area contributed by atoms with Gasteiger partial charge in [0.25, 0.3) is 0 Å². The Morgan fingerprint density at radius 2 is 2.25 bits per heavy atom. The number of aryl methyl sites for hydroxylation is 2. The van der Waals surface area contributed by atoms with E-state index in [1.165, 1.54) is 11.6 Å². The first-order valence-electron chi connectivity index (χ1n) is 7.08. The number of hydrogen-bond acceptors (Lipinski definition) is 2. The predicted molar refractivity (Wildman–Crippen MR) is 77.0 cm³/mol. The van der Waals surface area contributed by atoms with Crippen molar-refractivity contribution in [2.75, 3.05) is 13.1 Å². The number of likely N-dealkylation sites (tertiary alicyclic amines) is 1. The van der Waals surface area contributed by atoms with Crippen LogP contribution in [0.2, 0.25) is 0 Å². The third-order valence-corrected chi connectivity index (χ3v) is 4.17. The molecule has 0 bridgehead atoms. The topological polar surface area (TPSA) is 21.1 Å². The van der Waals surface area contributed by atoms with Crippen molar-refractivity contribution < 1.29 is 4.39 Å². The fourth-order valence-electron chi connectivity index (χ4n) is 2.95. The van der Waals surface area contributed by atoms with Crippen molar-refractivity contribution in [3.05, 3.63) is 53.1 Å². The number of nitrogens with zero attached hydrogens (tertiary/aromatic N) is 3. The van der Waals surface area contributed by atoms with E-state index in [9.17, 15) is 4.39 Å². The van der Waals surface area contributed by atoms with Gasteiger partial charge < -0.3 is 0 Å².